The van der Waals surface area contributed by atoms with Crippen LogP contribution in [0.1, 0.15) is 35.8 Å². The van der Waals surface area contributed by atoms with Gasteiger partial charge in [-0.15, -0.1) is 0 Å². The molecule has 1 aliphatic rings. The lowest BCUT2D eigenvalue weighted by atomic mass is 9.88. The molecule has 134 valence electrons. The molecular weight excluding hydrogens is 332 g/mol. The highest BCUT2D eigenvalue weighted by Gasteiger charge is 2.20. The van der Waals surface area contributed by atoms with Gasteiger partial charge in [0.05, 0.1) is 11.7 Å². The summed E-state index contributed by atoms with van der Waals surface area (Å²) < 4.78 is 0. The number of hydrogen-bond donors (Lipinski definition) is 2. The molecule has 1 unspecified atom stereocenters. The minimum atomic E-state index is 0.309. The predicted octanol–water partition coefficient (Wildman–Crippen LogP) is 5.42. The minimum Gasteiger partial charge on any atom is -0.363 e. The molecule has 2 heterocycles. The van der Waals surface area contributed by atoms with Crippen LogP contribution < -0.4 is 5.32 Å². The Bertz CT molecular complexity index is 1110. The first-order valence-electron chi connectivity index (χ1n) is 9.54. The molecule has 5 rings (SSSR count). The smallest absolute Gasteiger partial charge is 0.130 e. The molecule has 2 aromatic heterocycles. The van der Waals surface area contributed by atoms with Gasteiger partial charge < -0.3 is 10.3 Å². The van der Waals surface area contributed by atoms with E-state index in [1.165, 1.54) is 29.4 Å². The van der Waals surface area contributed by atoms with Gasteiger partial charge in [0, 0.05) is 28.7 Å². The van der Waals surface area contributed by atoms with Crippen molar-refractivity contribution in [3.8, 4) is 11.3 Å². The van der Waals surface area contributed by atoms with Gasteiger partial charge in [-0.25, -0.2) is 9.97 Å². The van der Waals surface area contributed by atoms with E-state index in [0.717, 1.165) is 34.8 Å². The molecule has 0 bridgehead atoms. The Labute approximate surface area is 158 Å². The third kappa shape index (κ3) is 3.08. The Morgan fingerprint density at radius 2 is 1.96 bits per heavy atom. The molecule has 2 aromatic carbocycles. The van der Waals surface area contributed by atoms with Gasteiger partial charge in [0.2, 0.25) is 0 Å². The van der Waals surface area contributed by atoms with E-state index in [1.54, 1.807) is 0 Å². The van der Waals surface area contributed by atoms with Gasteiger partial charge in [-0.1, -0.05) is 30.3 Å². The monoisotopic (exact) mass is 354 g/mol. The van der Waals surface area contributed by atoms with E-state index < -0.39 is 0 Å². The average Bonchev–Trinajstić information content (AvgIpc) is 3.16. The fraction of sp³-hybridized carbons (Fsp3) is 0.217. The van der Waals surface area contributed by atoms with Gasteiger partial charge in [-0.3, -0.25) is 0 Å². The van der Waals surface area contributed by atoms with Crippen molar-refractivity contribution in [2.24, 2.45) is 0 Å². The number of nitrogens with zero attached hydrogens (tertiary/aromatic N) is 2. The minimum absolute atomic E-state index is 0.309. The first-order valence-corrected chi connectivity index (χ1v) is 9.54. The highest BCUT2D eigenvalue weighted by atomic mass is 15.0. The second-order valence-corrected chi connectivity index (χ2v) is 7.25. The number of anilines is 1. The number of H-pyrrole nitrogens is 1. The summed E-state index contributed by atoms with van der Waals surface area (Å²) in [6, 6.07) is 19.6. The summed E-state index contributed by atoms with van der Waals surface area (Å²) in [7, 11) is 0. The summed E-state index contributed by atoms with van der Waals surface area (Å²) in [5, 5.41) is 4.86. The van der Waals surface area contributed by atoms with Gasteiger partial charge in [-0.05, 0) is 55.5 Å². The number of fused-ring (bicyclic) bond motifs is 2. The van der Waals surface area contributed by atoms with E-state index in [1.807, 2.05) is 13.1 Å². The fourth-order valence-corrected chi connectivity index (χ4v) is 4.08. The molecule has 4 aromatic rings. The van der Waals surface area contributed by atoms with Crippen LogP contribution in [-0.4, -0.2) is 15.0 Å². The Kier molecular flexibility index (Phi) is 3.89. The molecule has 0 aliphatic heterocycles. The summed E-state index contributed by atoms with van der Waals surface area (Å²) in [6.07, 6.45) is 5.47. The van der Waals surface area contributed by atoms with Crippen molar-refractivity contribution in [2.75, 3.05) is 5.32 Å². The molecule has 0 radical (unpaired) electrons. The van der Waals surface area contributed by atoms with Crippen molar-refractivity contribution in [1.82, 2.24) is 15.0 Å². The summed E-state index contributed by atoms with van der Waals surface area (Å²) >= 11 is 0. The number of aromatic nitrogens is 3. The molecule has 4 nitrogen and oxygen atoms in total. The van der Waals surface area contributed by atoms with Crippen LogP contribution in [0, 0.1) is 6.92 Å². The van der Waals surface area contributed by atoms with Crippen LogP contribution in [0.5, 0.6) is 0 Å². The quantitative estimate of drug-likeness (QED) is 0.516. The topological polar surface area (TPSA) is 53.6 Å². The molecule has 0 fully saturated rings. The third-order valence-corrected chi connectivity index (χ3v) is 5.38. The van der Waals surface area contributed by atoms with Crippen molar-refractivity contribution >= 4 is 16.7 Å². The van der Waals surface area contributed by atoms with E-state index in [4.69, 9.17) is 0 Å². The van der Waals surface area contributed by atoms with Crippen molar-refractivity contribution in [3.05, 3.63) is 77.7 Å². The summed E-state index contributed by atoms with van der Waals surface area (Å²) in [4.78, 5) is 12.6. The normalized spacial score (nSPS) is 16.3. The first kappa shape index (κ1) is 16.1. The fourth-order valence-electron chi connectivity index (χ4n) is 4.08. The van der Waals surface area contributed by atoms with E-state index >= 15 is 0 Å². The lowest BCUT2D eigenvalue weighted by Gasteiger charge is -2.27. The molecule has 2 N–H and O–H groups in total. The zero-order valence-electron chi connectivity index (χ0n) is 15.4. The van der Waals surface area contributed by atoms with E-state index in [0.29, 0.717) is 6.04 Å². The highest BCUT2D eigenvalue weighted by Crippen LogP contribution is 2.33. The molecular formula is C23H22N4. The molecule has 0 amide bonds. The lowest BCUT2D eigenvalue weighted by molar-refractivity contribution is 0.598. The molecule has 0 saturated heterocycles. The van der Waals surface area contributed by atoms with Gasteiger partial charge >= 0.3 is 0 Å². The highest BCUT2D eigenvalue weighted by molar-refractivity contribution is 5.84. The average molecular weight is 354 g/mol. The van der Waals surface area contributed by atoms with Gasteiger partial charge in [-0.2, -0.15) is 0 Å². The van der Waals surface area contributed by atoms with Crippen LogP contribution in [0.25, 0.3) is 22.2 Å². The SMILES string of the molecule is Cc1nc(NC2CCCc3ccccc32)cc(-c2ccc3[nH]ccc3c2)n1. The van der Waals surface area contributed by atoms with Crippen LogP contribution >= 0.6 is 0 Å². The van der Waals surface area contributed by atoms with Crippen LogP contribution in [0.4, 0.5) is 5.82 Å². The molecule has 1 atom stereocenters. The predicted molar refractivity (Wildman–Crippen MR) is 110 cm³/mol. The summed E-state index contributed by atoms with van der Waals surface area (Å²) in [5.74, 6) is 1.68. The van der Waals surface area contributed by atoms with Crippen LogP contribution in [0.3, 0.4) is 0 Å². The maximum Gasteiger partial charge on any atom is 0.130 e. The van der Waals surface area contributed by atoms with Crippen molar-refractivity contribution < 1.29 is 0 Å². The molecule has 1 aliphatic carbocycles. The Balaban J connectivity index is 1.49. The number of rotatable bonds is 3. The van der Waals surface area contributed by atoms with E-state index in [9.17, 15) is 0 Å². The lowest BCUT2D eigenvalue weighted by Crippen LogP contribution is -2.18. The molecule has 27 heavy (non-hydrogen) atoms. The van der Waals surface area contributed by atoms with Crippen LogP contribution in [-0.2, 0) is 6.42 Å². The zero-order valence-corrected chi connectivity index (χ0v) is 15.4. The van der Waals surface area contributed by atoms with Crippen molar-refractivity contribution in [2.45, 2.75) is 32.2 Å². The third-order valence-electron chi connectivity index (χ3n) is 5.38. The Hall–Kier alpha value is -3.14. The van der Waals surface area contributed by atoms with Gasteiger partial charge in [0.1, 0.15) is 11.6 Å². The first-order chi connectivity index (χ1) is 13.3. The van der Waals surface area contributed by atoms with Gasteiger partial charge in [0.15, 0.2) is 0 Å². The molecule has 4 heteroatoms. The van der Waals surface area contributed by atoms with Crippen LogP contribution in [0.2, 0.25) is 0 Å². The maximum atomic E-state index is 4.67. The number of nitrogens with one attached hydrogen (secondary N) is 2. The largest absolute Gasteiger partial charge is 0.363 e. The zero-order chi connectivity index (χ0) is 18.2. The number of aromatic amines is 1. The second-order valence-electron chi connectivity index (χ2n) is 7.25. The molecule has 0 spiro atoms. The Morgan fingerprint density at radius 1 is 1.04 bits per heavy atom. The Morgan fingerprint density at radius 3 is 2.93 bits per heavy atom. The standard InChI is InChI=1S/C23H22N4/c1-15-25-22(17-9-10-20-18(13-17)11-12-24-20)14-23(26-15)27-21-8-4-6-16-5-2-3-7-19(16)21/h2-3,5,7,9-14,21,24H,4,6,8H2,1H3,(H,25,26,27). The number of benzene rings is 2. The van der Waals surface area contributed by atoms with Crippen LogP contribution in [0.15, 0.2) is 60.8 Å². The summed E-state index contributed by atoms with van der Waals surface area (Å²) in [5.41, 5.74) is 6.05. The van der Waals surface area contributed by atoms with Crippen molar-refractivity contribution in [1.29, 1.82) is 0 Å². The number of hydrogen-bond acceptors (Lipinski definition) is 3. The van der Waals surface area contributed by atoms with E-state index in [-0.39, 0.29) is 0 Å². The number of aryl methyl sites for hydroxylation is 2. The maximum absolute atomic E-state index is 4.67. The van der Waals surface area contributed by atoms with Gasteiger partial charge in [0.25, 0.3) is 0 Å². The second kappa shape index (κ2) is 6.54. The summed E-state index contributed by atoms with van der Waals surface area (Å²) in [6.45, 7) is 1.96. The molecule has 0 saturated carbocycles. The van der Waals surface area contributed by atoms with E-state index in [2.05, 4.69) is 74.9 Å². The van der Waals surface area contributed by atoms with Crippen molar-refractivity contribution in [3.63, 3.8) is 0 Å².